The molecule has 1 atom stereocenters. The largest absolute Gasteiger partial charge is 0.481 e. The Hall–Kier alpha value is 0.200. The van der Waals surface area contributed by atoms with Crippen molar-refractivity contribution in [2.24, 2.45) is 0 Å². The Labute approximate surface area is 81.5 Å². The van der Waals surface area contributed by atoms with Gasteiger partial charge >= 0.3 is 5.97 Å². The maximum Gasteiger partial charge on any atom is 0.303 e. The van der Waals surface area contributed by atoms with Crippen LogP contribution in [0.1, 0.15) is 39.0 Å². The number of alkyl halides is 1. The van der Waals surface area contributed by atoms with Gasteiger partial charge in [0, 0.05) is 10.3 Å². The van der Waals surface area contributed by atoms with Crippen molar-refractivity contribution in [2.45, 2.75) is 43.0 Å². The topological polar surface area (TPSA) is 37.3 Å². The van der Waals surface area contributed by atoms with Gasteiger partial charge in [0.15, 0.2) is 0 Å². The van der Waals surface area contributed by atoms with Crippen LogP contribution in [-0.4, -0.2) is 15.0 Å². The predicted molar refractivity (Wildman–Crippen MR) is 54.2 cm³/mol. The zero-order valence-corrected chi connectivity index (χ0v) is 9.00. The molecule has 66 valence electrons. The second-order valence-corrected chi connectivity index (χ2v) is 4.90. The van der Waals surface area contributed by atoms with Crippen molar-refractivity contribution in [3.63, 3.8) is 0 Å². The van der Waals surface area contributed by atoms with Gasteiger partial charge in [-0.3, -0.25) is 4.79 Å². The molecule has 11 heavy (non-hydrogen) atoms. The quantitative estimate of drug-likeness (QED) is 0.458. The van der Waals surface area contributed by atoms with Gasteiger partial charge in [0.05, 0.1) is 0 Å². The van der Waals surface area contributed by atoms with Crippen molar-refractivity contribution >= 4 is 28.6 Å². The lowest BCUT2D eigenvalue weighted by atomic mass is 10.1. The zero-order valence-electron chi connectivity index (χ0n) is 6.85. The van der Waals surface area contributed by atoms with Gasteiger partial charge in [-0.05, 0) is 12.8 Å². The Bertz CT molecular complexity index is 113. The lowest BCUT2D eigenvalue weighted by Gasteiger charge is -2.00. The first kappa shape index (κ1) is 11.2. The van der Waals surface area contributed by atoms with E-state index in [1.807, 2.05) is 0 Å². The van der Waals surface area contributed by atoms with Crippen LogP contribution >= 0.6 is 22.6 Å². The van der Waals surface area contributed by atoms with Crippen molar-refractivity contribution in [1.82, 2.24) is 0 Å². The van der Waals surface area contributed by atoms with Crippen LogP contribution < -0.4 is 0 Å². The summed E-state index contributed by atoms with van der Waals surface area (Å²) in [6.45, 7) is 2.18. The van der Waals surface area contributed by atoms with Crippen LogP contribution in [0.5, 0.6) is 0 Å². The van der Waals surface area contributed by atoms with Crippen molar-refractivity contribution < 1.29 is 9.90 Å². The number of unbranched alkanes of at least 4 members (excludes halogenated alkanes) is 2. The molecule has 1 N–H and O–H groups in total. The number of rotatable bonds is 6. The molecule has 0 aromatic heterocycles. The van der Waals surface area contributed by atoms with Gasteiger partial charge in [-0.2, -0.15) is 0 Å². The van der Waals surface area contributed by atoms with Gasteiger partial charge in [0.25, 0.3) is 0 Å². The van der Waals surface area contributed by atoms with Crippen LogP contribution in [0.25, 0.3) is 0 Å². The van der Waals surface area contributed by atoms with Crippen molar-refractivity contribution in [1.29, 1.82) is 0 Å². The second-order valence-electron chi connectivity index (χ2n) is 2.77. The zero-order chi connectivity index (χ0) is 8.69. The van der Waals surface area contributed by atoms with E-state index in [1.165, 1.54) is 6.42 Å². The third kappa shape index (κ3) is 10.2. The summed E-state index contributed by atoms with van der Waals surface area (Å²) in [5.41, 5.74) is 0. The van der Waals surface area contributed by atoms with Crippen molar-refractivity contribution in [3.8, 4) is 0 Å². The molecule has 0 amide bonds. The molecule has 0 saturated heterocycles. The van der Waals surface area contributed by atoms with E-state index in [4.69, 9.17) is 5.11 Å². The molecule has 0 radical (unpaired) electrons. The molecule has 0 rings (SSSR count). The Morgan fingerprint density at radius 3 is 2.55 bits per heavy atom. The first-order valence-electron chi connectivity index (χ1n) is 3.99. The Morgan fingerprint density at radius 2 is 2.09 bits per heavy atom. The molecule has 0 aliphatic heterocycles. The van der Waals surface area contributed by atoms with Crippen LogP contribution in [0.15, 0.2) is 0 Å². The highest BCUT2D eigenvalue weighted by molar-refractivity contribution is 14.1. The van der Waals surface area contributed by atoms with Gasteiger partial charge in [-0.1, -0.05) is 42.4 Å². The molecule has 0 aliphatic carbocycles. The second kappa shape index (κ2) is 6.88. The molecular weight excluding hydrogens is 255 g/mol. The van der Waals surface area contributed by atoms with E-state index in [0.717, 1.165) is 23.2 Å². The highest BCUT2D eigenvalue weighted by Gasteiger charge is 1.98. The highest BCUT2D eigenvalue weighted by atomic mass is 127. The molecule has 1 unspecified atom stereocenters. The normalized spacial score (nSPS) is 12.9. The van der Waals surface area contributed by atoms with E-state index in [1.54, 1.807) is 0 Å². The third-order valence-electron chi connectivity index (χ3n) is 1.49. The van der Waals surface area contributed by atoms with E-state index in [-0.39, 0.29) is 0 Å². The first-order chi connectivity index (χ1) is 5.13. The predicted octanol–water partition coefficient (Wildman–Crippen LogP) is 2.85. The summed E-state index contributed by atoms with van der Waals surface area (Å²) in [5, 5.41) is 8.32. The first-order valence-corrected chi connectivity index (χ1v) is 5.23. The van der Waals surface area contributed by atoms with E-state index in [2.05, 4.69) is 29.5 Å². The lowest BCUT2D eigenvalue weighted by molar-refractivity contribution is -0.137. The molecule has 0 bridgehead atoms. The number of carbonyl (C=O) groups is 1. The Balaban J connectivity index is 2.97. The van der Waals surface area contributed by atoms with Gasteiger partial charge < -0.3 is 5.11 Å². The summed E-state index contributed by atoms with van der Waals surface area (Å²) >= 11 is 2.39. The lowest BCUT2D eigenvalue weighted by Crippen LogP contribution is -1.94. The summed E-state index contributed by atoms with van der Waals surface area (Å²) in [7, 11) is 0. The molecular formula is C8H15IO2. The van der Waals surface area contributed by atoms with Crippen LogP contribution in [0, 0.1) is 0 Å². The molecule has 2 nitrogen and oxygen atoms in total. The summed E-state index contributed by atoms with van der Waals surface area (Å²) < 4.78 is 0.720. The van der Waals surface area contributed by atoms with E-state index >= 15 is 0 Å². The van der Waals surface area contributed by atoms with Crippen molar-refractivity contribution in [3.05, 3.63) is 0 Å². The molecule has 0 saturated carbocycles. The van der Waals surface area contributed by atoms with E-state index < -0.39 is 5.97 Å². The molecule has 0 fully saturated rings. The highest BCUT2D eigenvalue weighted by Crippen LogP contribution is 2.11. The van der Waals surface area contributed by atoms with E-state index in [9.17, 15) is 4.79 Å². The monoisotopic (exact) mass is 270 g/mol. The third-order valence-corrected chi connectivity index (χ3v) is 2.12. The Morgan fingerprint density at radius 1 is 1.45 bits per heavy atom. The maximum atomic E-state index is 10.1. The van der Waals surface area contributed by atoms with Crippen LogP contribution in [-0.2, 0) is 4.79 Å². The minimum Gasteiger partial charge on any atom is -0.481 e. The number of carboxylic acids is 1. The summed E-state index contributed by atoms with van der Waals surface area (Å²) in [4.78, 5) is 10.1. The molecule has 3 heteroatoms. The summed E-state index contributed by atoms with van der Waals surface area (Å²) in [6.07, 6.45) is 4.59. The molecule has 0 aromatic rings. The fourth-order valence-corrected chi connectivity index (χ4v) is 1.32. The van der Waals surface area contributed by atoms with Gasteiger partial charge in [-0.25, -0.2) is 0 Å². The summed E-state index contributed by atoms with van der Waals surface area (Å²) in [5.74, 6) is -0.674. The molecule has 0 aliphatic rings. The smallest absolute Gasteiger partial charge is 0.303 e. The van der Waals surface area contributed by atoms with Crippen LogP contribution in [0.3, 0.4) is 0 Å². The average molecular weight is 270 g/mol. The maximum absolute atomic E-state index is 10.1. The number of carboxylic acid groups (broad SMARTS) is 1. The van der Waals surface area contributed by atoms with Gasteiger partial charge in [0.1, 0.15) is 0 Å². The molecule has 0 heterocycles. The SMILES string of the molecule is CC(I)CCCCCC(=O)O. The average Bonchev–Trinajstić information content (AvgIpc) is 1.85. The minimum absolute atomic E-state index is 0.329. The minimum atomic E-state index is -0.674. The van der Waals surface area contributed by atoms with Crippen LogP contribution in [0.4, 0.5) is 0 Å². The van der Waals surface area contributed by atoms with E-state index in [0.29, 0.717) is 6.42 Å². The van der Waals surface area contributed by atoms with Gasteiger partial charge in [0.2, 0.25) is 0 Å². The number of hydrogen-bond donors (Lipinski definition) is 1. The van der Waals surface area contributed by atoms with Crippen molar-refractivity contribution in [2.75, 3.05) is 0 Å². The standard InChI is InChI=1S/C8H15IO2/c1-7(9)5-3-2-4-6-8(10)11/h7H,2-6H2,1H3,(H,10,11). The summed E-state index contributed by atoms with van der Waals surface area (Å²) in [6, 6.07) is 0. The number of halogens is 1. The molecule has 0 aromatic carbocycles. The molecule has 0 spiro atoms. The number of hydrogen-bond acceptors (Lipinski definition) is 1. The number of aliphatic carboxylic acids is 1. The Kier molecular flexibility index (Phi) is 7.01. The van der Waals surface area contributed by atoms with Gasteiger partial charge in [-0.15, -0.1) is 0 Å². The fourth-order valence-electron chi connectivity index (χ4n) is 0.879. The van der Waals surface area contributed by atoms with Crippen LogP contribution in [0.2, 0.25) is 0 Å². The fraction of sp³-hybridized carbons (Fsp3) is 0.875.